The molecule has 1 aliphatic heterocycles. The van der Waals surface area contributed by atoms with Gasteiger partial charge >= 0.3 is 0 Å². The Hall–Kier alpha value is -0.790. The third-order valence-electron chi connectivity index (χ3n) is 4.11. The number of piperidine rings is 1. The van der Waals surface area contributed by atoms with Crippen LogP contribution >= 0.6 is 24.0 Å². The summed E-state index contributed by atoms with van der Waals surface area (Å²) < 4.78 is 5.35. The summed E-state index contributed by atoms with van der Waals surface area (Å²) in [6, 6.07) is 0. The third-order valence-corrected chi connectivity index (χ3v) is 4.11. The summed E-state index contributed by atoms with van der Waals surface area (Å²) in [6.45, 7) is 9.06. The van der Waals surface area contributed by atoms with Crippen molar-refractivity contribution in [3.05, 3.63) is 17.0 Å². The molecule has 1 aromatic rings. The first kappa shape index (κ1) is 18.3. The topological polar surface area (TPSA) is 67.6 Å². The number of likely N-dealkylation sites (tertiary alicyclic amines) is 1. The fraction of sp³-hybridized carbons (Fsp3) is 0.733. The summed E-state index contributed by atoms with van der Waals surface area (Å²) in [6.07, 6.45) is 4.11. The molecule has 1 saturated heterocycles. The van der Waals surface area contributed by atoms with Crippen molar-refractivity contribution in [3.63, 3.8) is 0 Å². The zero-order valence-corrected chi connectivity index (χ0v) is 15.6. The molecule has 0 aliphatic carbocycles. The number of nitrogens with zero attached hydrogens (tertiary/aromatic N) is 3. The Morgan fingerprint density at radius 2 is 2.00 bits per heavy atom. The van der Waals surface area contributed by atoms with Crippen molar-refractivity contribution < 1.29 is 4.52 Å². The number of halogens is 1. The van der Waals surface area contributed by atoms with Crippen molar-refractivity contribution in [3.8, 4) is 0 Å². The van der Waals surface area contributed by atoms with Gasteiger partial charge in [0.15, 0.2) is 5.96 Å². The van der Waals surface area contributed by atoms with Crippen molar-refractivity contribution in [2.75, 3.05) is 13.1 Å². The maximum Gasteiger partial charge on any atom is 0.191 e. The molecule has 2 rings (SSSR count). The summed E-state index contributed by atoms with van der Waals surface area (Å²) in [7, 11) is 0. The van der Waals surface area contributed by atoms with Crippen LogP contribution in [0.3, 0.4) is 0 Å². The summed E-state index contributed by atoms with van der Waals surface area (Å²) >= 11 is 0. The van der Waals surface area contributed by atoms with Crippen LogP contribution < -0.4 is 5.73 Å². The first-order valence-electron chi connectivity index (χ1n) is 7.66. The largest absolute Gasteiger partial charge is 0.370 e. The van der Waals surface area contributed by atoms with Crippen LogP contribution in [0.25, 0.3) is 0 Å². The molecule has 0 unspecified atom stereocenters. The zero-order chi connectivity index (χ0) is 14.5. The normalized spacial score (nSPS) is 16.9. The summed E-state index contributed by atoms with van der Waals surface area (Å²) in [5.74, 6) is 2.39. The standard InChI is InChI=1S/C15H26N4O.HI/c1-4-13-12(14(5-2)20-18-13)10-17-15(16)19-8-6-11(3)7-9-19;/h11H,4-10H2,1-3H3,(H2,16,17);1H. The molecule has 1 aromatic heterocycles. The number of aliphatic imine (C=N–C) groups is 1. The number of nitrogens with two attached hydrogens (primary N) is 1. The SMILES string of the molecule is CCc1noc(CC)c1CN=C(N)N1CCC(C)CC1.I. The smallest absolute Gasteiger partial charge is 0.191 e. The van der Waals surface area contributed by atoms with Gasteiger partial charge in [-0.15, -0.1) is 24.0 Å². The van der Waals surface area contributed by atoms with E-state index in [1.165, 1.54) is 12.8 Å². The molecule has 21 heavy (non-hydrogen) atoms. The van der Waals surface area contributed by atoms with Gasteiger partial charge in [-0.2, -0.15) is 0 Å². The molecular weight excluding hydrogens is 379 g/mol. The van der Waals surface area contributed by atoms with Crippen LogP contribution in [0.4, 0.5) is 0 Å². The second kappa shape index (κ2) is 8.60. The van der Waals surface area contributed by atoms with Gasteiger partial charge in [0.1, 0.15) is 5.76 Å². The lowest BCUT2D eigenvalue weighted by Crippen LogP contribution is -2.42. The van der Waals surface area contributed by atoms with Crippen molar-refractivity contribution in [2.45, 2.75) is 53.0 Å². The molecule has 6 heteroatoms. The van der Waals surface area contributed by atoms with Gasteiger partial charge < -0.3 is 15.2 Å². The number of guanidine groups is 1. The van der Waals surface area contributed by atoms with Gasteiger partial charge in [-0.25, -0.2) is 4.99 Å². The summed E-state index contributed by atoms with van der Waals surface area (Å²) in [5, 5.41) is 4.11. The highest BCUT2D eigenvalue weighted by Crippen LogP contribution is 2.18. The van der Waals surface area contributed by atoms with E-state index < -0.39 is 0 Å². The average molecular weight is 406 g/mol. The van der Waals surface area contributed by atoms with Crippen LogP contribution in [0.2, 0.25) is 0 Å². The number of hydrogen-bond donors (Lipinski definition) is 1. The van der Waals surface area contributed by atoms with E-state index in [-0.39, 0.29) is 24.0 Å². The van der Waals surface area contributed by atoms with Crippen molar-refractivity contribution >= 4 is 29.9 Å². The quantitative estimate of drug-likeness (QED) is 0.474. The Bertz CT molecular complexity index is 443. The zero-order valence-electron chi connectivity index (χ0n) is 13.3. The fourth-order valence-electron chi connectivity index (χ4n) is 2.61. The van der Waals surface area contributed by atoms with Crippen LogP contribution in [0.1, 0.15) is 50.6 Å². The minimum Gasteiger partial charge on any atom is -0.370 e. The van der Waals surface area contributed by atoms with Crippen molar-refractivity contribution in [2.24, 2.45) is 16.6 Å². The molecule has 1 aliphatic rings. The monoisotopic (exact) mass is 406 g/mol. The summed E-state index contributed by atoms with van der Waals surface area (Å²) in [5.41, 5.74) is 8.24. The second-order valence-corrected chi connectivity index (χ2v) is 5.58. The second-order valence-electron chi connectivity index (χ2n) is 5.58. The highest BCUT2D eigenvalue weighted by atomic mass is 127. The minimum absolute atomic E-state index is 0. The number of aromatic nitrogens is 1. The molecule has 0 aromatic carbocycles. The van der Waals surface area contributed by atoms with Crippen LogP contribution in [-0.2, 0) is 19.4 Å². The number of hydrogen-bond acceptors (Lipinski definition) is 3. The average Bonchev–Trinajstić information content (AvgIpc) is 2.87. The number of aryl methyl sites for hydroxylation is 2. The van der Waals surface area contributed by atoms with Gasteiger partial charge in [-0.05, 0) is 25.2 Å². The van der Waals surface area contributed by atoms with Crippen molar-refractivity contribution in [1.29, 1.82) is 0 Å². The molecule has 2 N–H and O–H groups in total. The van der Waals surface area contributed by atoms with Crippen LogP contribution in [0, 0.1) is 5.92 Å². The van der Waals surface area contributed by atoms with Gasteiger partial charge in [0, 0.05) is 25.1 Å². The minimum atomic E-state index is 0. The van der Waals surface area contributed by atoms with Gasteiger partial charge in [0.2, 0.25) is 0 Å². The molecule has 0 amide bonds. The Labute approximate surface area is 144 Å². The van der Waals surface area contributed by atoms with Crippen LogP contribution in [0.5, 0.6) is 0 Å². The highest BCUT2D eigenvalue weighted by Gasteiger charge is 2.18. The van der Waals surface area contributed by atoms with Gasteiger partial charge in [0.25, 0.3) is 0 Å². The lowest BCUT2D eigenvalue weighted by molar-refractivity contribution is 0.277. The predicted octanol–water partition coefficient (Wildman–Crippen LogP) is 2.96. The number of rotatable bonds is 4. The van der Waals surface area contributed by atoms with Crippen molar-refractivity contribution in [1.82, 2.24) is 10.1 Å². The Morgan fingerprint density at radius 3 is 2.57 bits per heavy atom. The maximum absolute atomic E-state index is 6.12. The first-order valence-corrected chi connectivity index (χ1v) is 7.66. The molecule has 0 atom stereocenters. The van der Waals surface area contributed by atoms with Gasteiger partial charge in [-0.1, -0.05) is 25.9 Å². The lowest BCUT2D eigenvalue weighted by Gasteiger charge is -2.31. The molecule has 0 spiro atoms. The van der Waals surface area contributed by atoms with Crippen LogP contribution in [-0.4, -0.2) is 29.1 Å². The first-order chi connectivity index (χ1) is 9.65. The molecule has 0 bridgehead atoms. The Morgan fingerprint density at radius 1 is 1.33 bits per heavy atom. The van der Waals surface area contributed by atoms with E-state index in [4.69, 9.17) is 10.3 Å². The molecule has 1 fully saturated rings. The lowest BCUT2D eigenvalue weighted by atomic mass is 10.00. The molecule has 2 heterocycles. The van der Waals surface area contributed by atoms with E-state index in [0.717, 1.165) is 48.9 Å². The fourth-order valence-corrected chi connectivity index (χ4v) is 2.61. The van der Waals surface area contributed by atoms with E-state index in [2.05, 4.69) is 35.8 Å². The summed E-state index contributed by atoms with van der Waals surface area (Å²) in [4.78, 5) is 6.74. The van der Waals surface area contributed by atoms with E-state index in [1.54, 1.807) is 0 Å². The third kappa shape index (κ3) is 4.59. The molecule has 120 valence electrons. The van der Waals surface area contributed by atoms with E-state index in [9.17, 15) is 0 Å². The maximum atomic E-state index is 6.12. The Kier molecular flexibility index (Phi) is 7.48. The van der Waals surface area contributed by atoms with Crippen LogP contribution in [0.15, 0.2) is 9.52 Å². The molecule has 0 saturated carbocycles. The van der Waals surface area contributed by atoms with Gasteiger partial charge in [-0.3, -0.25) is 0 Å². The highest BCUT2D eigenvalue weighted by molar-refractivity contribution is 14.0. The Balaban J connectivity index is 0.00000220. The van der Waals surface area contributed by atoms with E-state index >= 15 is 0 Å². The predicted molar refractivity (Wildman–Crippen MR) is 96.0 cm³/mol. The van der Waals surface area contributed by atoms with E-state index in [0.29, 0.717) is 12.5 Å². The molecule has 0 radical (unpaired) electrons. The van der Waals surface area contributed by atoms with E-state index in [1.807, 2.05) is 0 Å². The molecular formula is C15H27IN4O. The van der Waals surface area contributed by atoms with Gasteiger partial charge in [0.05, 0.1) is 12.2 Å². The molecule has 5 nitrogen and oxygen atoms in total.